The van der Waals surface area contributed by atoms with Gasteiger partial charge in [0.15, 0.2) is 0 Å². The standard InChI is InChI=1S/C16H24N10O5S2/c17-15(27)10-8-26(6-5-20-10)11-1-2-12(33(30,31)23-9-3-4-19-7-9)14(32(18,28)29)13(11)16-21-24-25-22-16/h1-2,9-10,19-20,23H,3-8H2,(H2,17,27)(H2,18,28,29)(H,21,22,24,25). The number of primary amides is 1. The maximum Gasteiger partial charge on any atom is 0.242 e. The number of carbonyl (C=O) groups is 1. The fourth-order valence-corrected chi connectivity index (χ4v) is 6.86. The zero-order valence-corrected chi connectivity index (χ0v) is 19.0. The minimum atomic E-state index is -4.59. The molecular weight excluding hydrogens is 476 g/mol. The van der Waals surface area contributed by atoms with Crippen LogP contribution in [-0.4, -0.2) is 88.2 Å². The van der Waals surface area contributed by atoms with Crippen LogP contribution in [0.1, 0.15) is 6.42 Å². The Labute approximate surface area is 189 Å². The van der Waals surface area contributed by atoms with E-state index < -0.39 is 47.8 Å². The van der Waals surface area contributed by atoms with E-state index >= 15 is 0 Å². The predicted molar refractivity (Wildman–Crippen MR) is 116 cm³/mol. The van der Waals surface area contributed by atoms with Gasteiger partial charge in [0, 0.05) is 37.9 Å². The number of carbonyl (C=O) groups excluding carboxylic acids is 1. The normalized spacial score (nSPS) is 21.9. The number of aromatic nitrogens is 4. The highest BCUT2D eigenvalue weighted by molar-refractivity contribution is 7.92. The van der Waals surface area contributed by atoms with Gasteiger partial charge in [-0.25, -0.2) is 26.7 Å². The summed E-state index contributed by atoms with van der Waals surface area (Å²) in [7, 11) is -8.87. The second-order valence-electron chi connectivity index (χ2n) is 7.73. The largest absolute Gasteiger partial charge is 0.368 e. The van der Waals surface area contributed by atoms with Crippen LogP contribution in [0.4, 0.5) is 5.69 Å². The fraction of sp³-hybridized carbons (Fsp3) is 0.500. The summed E-state index contributed by atoms with van der Waals surface area (Å²) in [6.45, 7) is 1.90. The molecule has 2 aromatic rings. The lowest BCUT2D eigenvalue weighted by atomic mass is 10.1. The molecule has 2 aliphatic heterocycles. The SMILES string of the molecule is NC(=O)C1CN(c2ccc(S(=O)(=O)NC3CCNC3)c(S(N)(=O)=O)c2-c2nn[nH]n2)CCN1. The van der Waals surface area contributed by atoms with E-state index in [0.717, 1.165) is 0 Å². The van der Waals surface area contributed by atoms with Crippen molar-refractivity contribution < 1.29 is 21.6 Å². The van der Waals surface area contributed by atoms with Crippen molar-refractivity contribution in [3.8, 4) is 11.4 Å². The molecule has 2 saturated heterocycles. The van der Waals surface area contributed by atoms with Crippen LogP contribution < -0.4 is 31.1 Å². The third-order valence-corrected chi connectivity index (χ3v) is 8.17. The van der Waals surface area contributed by atoms with Crippen molar-refractivity contribution in [1.29, 1.82) is 0 Å². The number of nitrogens with one attached hydrogen (secondary N) is 4. The number of sulfonamides is 2. The van der Waals surface area contributed by atoms with Crippen LogP contribution in [0.2, 0.25) is 0 Å². The quantitative estimate of drug-likeness (QED) is 0.217. The first-order valence-electron chi connectivity index (χ1n) is 10.0. The van der Waals surface area contributed by atoms with E-state index in [9.17, 15) is 21.6 Å². The van der Waals surface area contributed by atoms with Crippen LogP contribution in [0.25, 0.3) is 11.4 Å². The van der Waals surface area contributed by atoms with Crippen LogP contribution in [0.5, 0.6) is 0 Å². The molecule has 0 saturated carbocycles. The first-order valence-corrected chi connectivity index (χ1v) is 13.0. The van der Waals surface area contributed by atoms with Crippen molar-refractivity contribution in [2.45, 2.75) is 28.3 Å². The van der Waals surface area contributed by atoms with Gasteiger partial charge in [0.05, 0.1) is 5.56 Å². The summed E-state index contributed by atoms with van der Waals surface area (Å²) in [4.78, 5) is 12.2. The zero-order valence-electron chi connectivity index (χ0n) is 17.4. The molecule has 17 heteroatoms. The molecule has 15 nitrogen and oxygen atoms in total. The van der Waals surface area contributed by atoms with Crippen molar-refractivity contribution in [2.24, 2.45) is 10.9 Å². The lowest BCUT2D eigenvalue weighted by Crippen LogP contribution is -2.56. The summed E-state index contributed by atoms with van der Waals surface area (Å²) in [5.74, 6) is -0.746. The topological polar surface area (TPSA) is 231 Å². The maximum atomic E-state index is 13.2. The minimum Gasteiger partial charge on any atom is -0.368 e. The number of rotatable bonds is 7. The highest BCUT2D eigenvalue weighted by atomic mass is 32.2. The van der Waals surface area contributed by atoms with Crippen molar-refractivity contribution in [3.63, 3.8) is 0 Å². The van der Waals surface area contributed by atoms with Crippen molar-refractivity contribution >= 4 is 31.6 Å². The van der Waals surface area contributed by atoms with Gasteiger partial charge in [-0.1, -0.05) is 0 Å². The molecule has 1 aromatic heterocycles. The second kappa shape index (κ2) is 8.92. The first-order chi connectivity index (χ1) is 15.6. The Kier molecular flexibility index (Phi) is 6.34. The number of nitrogens with zero attached hydrogens (tertiary/aromatic N) is 4. The molecule has 2 unspecified atom stereocenters. The predicted octanol–water partition coefficient (Wildman–Crippen LogP) is -3.58. The second-order valence-corrected chi connectivity index (χ2v) is 10.9. The Morgan fingerprint density at radius 3 is 2.61 bits per heavy atom. The molecule has 0 aliphatic carbocycles. The summed E-state index contributed by atoms with van der Waals surface area (Å²) < 4.78 is 54.4. The Bertz CT molecular complexity index is 1240. The molecule has 4 rings (SSSR count). The van der Waals surface area contributed by atoms with Crippen LogP contribution in [0.15, 0.2) is 21.9 Å². The molecule has 2 fully saturated rings. The molecule has 1 aromatic carbocycles. The van der Waals surface area contributed by atoms with E-state index in [1.54, 1.807) is 4.90 Å². The highest BCUT2D eigenvalue weighted by Gasteiger charge is 2.35. The minimum absolute atomic E-state index is 0.113. The van der Waals surface area contributed by atoms with Gasteiger partial charge in [-0.15, -0.1) is 10.2 Å². The Morgan fingerprint density at radius 1 is 1.21 bits per heavy atom. The van der Waals surface area contributed by atoms with Gasteiger partial charge in [-0.2, -0.15) is 5.21 Å². The molecule has 180 valence electrons. The highest BCUT2D eigenvalue weighted by Crippen LogP contribution is 2.38. The number of hydrogen-bond donors (Lipinski definition) is 6. The van der Waals surface area contributed by atoms with E-state index in [-0.39, 0.29) is 23.6 Å². The Balaban J connectivity index is 1.90. The number of tetrazole rings is 1. The van der Waals surface area contributed by atoms with Crippen molar-refractivity contribution in [3.05, 3.63) is 12.1 Å². The maximum absolute atomic E-state index is 13.2. The van der Waals surface area contributed by atoms with E-state index in [1.165, 1.54) is 12.1 Å². The molecule has 2 atom stereocenters. The number of benzene rings is 1. The molecule has 0 spiro atoms. The summed E-state index contributed by atoms with van der Waals surface area (Å²) in [6, 6.07) is 1.51. The molecule has 8 N–H and O–H groups in total. The summed E-state index contributed by atoms with van der Waals surface area (Å²) in [6.07, 6.45) is 0.551. The summed E-state index contributed by atoms with van der Waals surface area (Å²) >= 11 is 0. The summed E-state index contributed by atoms with van der Waals surface area (Å²) in [5, 5.41) is 25.0. The van der Waals surface area contributed by atoms with Crippen LogP contribution in [0, 0.1) is 0 Å². The van der Waals surface area contributed by atoms with Gasteiger partial charge in [0.2, 0.25) is 31.8 Å². The molecule has 0 bridgehead atoms. The van der Waals surface area contributed by atoms with Crippen LogP contribution in [0.3, 0.4) is 0 Å². The van der Waals surface area contributed by atoms with Gasteiger partial charge in [0.1, 0.15) is 15.8 Å². The Morgan fingerprint density at radius 2 is 2.00 bits per heavy atom. The number of H-pyrrole nitrogens is 1. The molecular formula is C16H24N10O5S2. The van der Waals surface area contributed by atoms with E-state index in [4.69, 9.17) is 10.9 Å². The number of nitrogens with two attached hydrogens (primary N) is 2. The van der Waals surface area contributed by atoms with Gasteiger partial charge in [-0.3, -0.25) is 4.79 Å². The molecule has 3 heterocycles. The van der Waals surface area contributed by atoms with Crippen molar-refractivity contribution in [2.75, 3.05) is 37.6 Å². The first kappa shape index (κ1) is 23.5. The fourth-order valence-electron chi connectivity index (χ4n) is 3.99. The van der Waals surface area contributed by atoms with Gasteiger partial charge < -0.3 is 21.3 Å². The van der Waals surface area contributed by atoms with E-state index in [1.807, 2.05) is 0 Å². The zero-order chi connectivity index (χ0) is 23.8. The number of piperazine rings is 1. The number of amides is 1. The van der Waals surface area contributed by atoms with Gasteiger partial charge >= 0.3 is 0 Å². The number of hydrogen-bond acceptors (Lipinski definition) is 11. The Hall–Kier alpha value is -2.70. The average molecular weight is 501 g/mol. The molecule has 33 heavy (non-hydrogen) atoms. The van der Waals surface area contributed by atoms with E-state index in [0.29, 0.717) is 32.6 Å². The monoisotopic (exact) mass is 500 g/mol. The number of anilines is 1. The van der Waals surface area contributed by atoms with Crippen LogP contribution in [-0.2, 0) is 24.8 Å². The lowest BCUT2D eigenvalue weighted by Gasteiger charge is -2.35. The lowest BCUT2D eigenvalue weighted by molar-refractivity contribution is -0.120. The molecule has 2 aliphatic rings. The van der Waals surface area contributed by atoms with Crippen molar-refractivity contribution in [1.82, 2.24) is 36.0 Å². The van der Waals surface area contributed by atoms with E-state index in [2.05, 4.69) is 36.0 Å². The van der Waals surface area contributed by atoms with Crippen LogP contribution >= 0.6 is 0 Å². The number of aromatic amines is 1. The average Bonchev–Trinajstić information content (AvgIpc) is 3.46. The number of primary sulfonamides is 1. The molecule has 0 radical (unpaired) electrons. The third-order valence-electron chi connectivity index (χ3n) is 5.48. The smallest absolute Gasteiger partial charge is 0.242 e. The molecule has 1 amide bonds. The summed E-state index contributed by atoms with van der Waals surface area (Å²) in [5.41, 5.74) is 5.56. The van der Waals surface area contributed by atoms with Gasteiger partial charge in [0.25, 0.3) is 0 Å². The van der Waals surface area contributed by atoms with Gasteiger partial charge in [-0.05, 0) is 30.3 Å². The third kappa shape index (κ3) is 4.82.